The van der Waals surface area contributed by atoms with Gasteiger partial charge in [-0.2, -0.15) is 11.8 Å². The lowest BCUT2D eigenvalue weighted by Crippen LogP contribution is -2.69. The van der Waals surface area contributed by atoms with Crippen molar-refractivity contribution >= 4 is 33.5 Å². The molecule has 13 atom stereocenters. The number of hydrogen-bond donors (Lipinski definition) is 2. The molecule has 2 N–H and O–H groups in total. The molecule has 0 radical (unpaired) electrons. The summed E-state index contributed by atoms with van der Waals surface area (Å²) in [4.78, 5) is 28.0. The smallest absolute Gasteiger partial charge is 0.309 e. The van der Waals surface area contributed by atoms with Crippen molar-refractivity contribution in [2.24, 2.45) is 73.9 Å². The van der Waals surface area contributed by atoms with Crippen LogP contribution < -0.4 is 5.32 Å². The number of esters is 1. The zero-order valence-electron chi connectivity index (χ0n) is 37.1. The normalized spacial score (nSPS) is 46.9. The Balaban J connectivity index is 1.02. The number of nitrogens with one attached hydrogen (secondary N) is 1. The molecule has 8 aliphatic rings. The molecule has 8 fully saturated rings. The summed E-state index contributed by atoms with van der Waals surface area (Å²) in [6.07, 6.45) is 18.5. The Hall–Kier alpha value is -0.840. The van der Waals surface area contributed by atoms with Crippen LogP contribution in [0.25, 0.3) is 0 Å². The van der Waals surface area contributed by atoms with Gasteiger partial charge in [-0.3, -0.25) is 14.5 Å². The Bertz CT molecular complexity index is 1680. The molecule has 0 aromatic heterocycles. The lowest BCUT2D eigenvalue weighted by molar-refractivity contribution is -0.249. The second-order valence-electron chi connectivity index (χ2n) is 23.4. The molecule has 0 spiro atoms. The van der Waals surface area contributed by atoms with Gasteiger partial charge in [0.2, 0.25) is 0 Å². The van der Waals surface area contributed by atoms with Gasteiger partial charge < -0.3 is 15.2 Å². The summed E-state index contributed by atoms with van der Waals surface area (Å²) in [5.74, 6) is 3.20. The second-order valence-corrected chi connectivity index (χ2v) is 26.7. The zero-order chi connectivity index (χ0) is 41.2. The number of carboxylic acid groups (broad SMARTS) is 1. The van der Waals surface area contributed by atoms with E-state index in [-0.39, 0.29) is 45.2 Å². The molecule has 0 amide bonds. The van der Waals surface area contributed by atoms with Gasteiger partial charge in [0.15, 0.2) is 9.84 Å². The van der Waals surface area contributed by atoms with Gasteiger partial charge >= 0.3 is 11.9 Å². The SMILES string of the molecule is CSCC[C@@H](CN[C@]12CC[C@@H](C3(C)CC3)[C@@H]1[C@H]1CC[C@@H]3[C@@]4(C)CC[C@H](OC(=O)[C@H]5C[C@@H](C(=O)O)C5(C)C)C(C)(C)[C@@H]4CC[C@@]3(C)[C@]1(C)CC2)N1CCS(=O)(=O)CC1. The van der Waals surface area contributed by atoms with Crippen LogP contribution in [0, 0.1) is 73.9 Å². The highest BCUT2D eigenvalue weighted by molar-refractivity contribution is 7.98. The topological polar surface area (TPSA) is 113 Å². The van der Waals surface area contributed by atoms with E-state index in [9.17, 15) is 23.1 Å². The summed E-state index contributed by atoms with van der Waals surface area (Å²) in [6.45, 7) is 21.6. The first-order valence-electron chi connectivity index (χ1n) is 23.2. The average molecular weight is 831 g/mol. The fourth-order valence-corrected chi connectivity index (χ4v) is 18.2. The minimum absolute atomic E-state index is 0.131. The molecule has 1 heterocycles. The first kappa shape index (κ1) is 42.8. The molecule has 1 aliphatic heterocycles. The molecule has 7 saturated carbocycles. The van der Waals surface area contributed by atoms with E-state index in [2.05, 4.69) is 58.0 Å². The molecule has 324 valence electrons. The second kappa shape index (κ2) is 14.4. The lowest BCUT2D eigenvalue weighted by Gasteiger charge is -2.73. The molecule has 7 aliphatic carbocycles. The molecule has 0 bridgehead atoms. The maximum absolute atomic E-state index is 13.7. The van der Waals surface area contributed by atoms with Crippen LogP contribution in [0.2, 0.25) is 0 Å². The number of hydrogen-bond acceptors (Lipinski definition) is 8. The molecular formula is C47H78N2O6S2. The summed E-state index contributed by atoms with van der Waals surface area (Å²) >= 11 is 1.91. The largest absolute Gasteiger partial charge is 0.481 e. The first-order valence-corrected chi connectivity index (χ1v) is 26.4. The van der Waals surface area contributed by atoms with Crippen molar-refractivity contribution < 1.29 is 27.9 Å². The van der Waals surface area contributed by atoms with Crippen LogP contribution in [0.4, 0.5) is 0 Å². The molecular weight excluding hydrogens is 753 g/mol. The summed E-state index contributed by atoms with van der Waals surface area (Å²) in [7, 11) is -2.91. The van der Waals surface area contributed by atoms with Gasteiger partial charge in [0.05, 0.1) is 23.3 Å². The number of carboxylic acids is 1. The van der Waals surface area contributed by atoms with E-state index in [1.165, 1.54) is 64.2 Å². The van der Waals surface area contributed by atoms with E-state index in [0.717, 1.165) is 37.5 Å². The van der Waals surface area contributed by atoms with Crippen LogP contribution in [0.5, 0.6) is 0 Å². The number of fused-ring (bicyclic) bond motifs is 7. The Morgan fingerprint density at radius 1 is 0.789 bits per heavy atom. The molecule has 0 unspecified atom stereocenters. The maximum atomic E-state index is 13.7. The summed E-state index contributed by atoms with van der Waals surface area (Å²) in [5.41, 5.74) is 0.658. The van der Waals surface area contributed by atoms with Crippen molar-refractivity contribution in [1.82, 2.24) is 10.2 Å². The van der Waals surface area contributed by atoms with E-state index in [0.29, 0.717) is 66.1 Å². The van der Waals surface area contributed by atoms with Gasteiger partial charge in [-0.15, -0.1) is 0 Å². The number of aliphatic carboxylic acids is 1. The lowest BCUT2D eigenvalue weighted by atomic mass is 9.32. The van der Waals surface area contributed by atoms with E-state index < -0.39 is 27.1 Å². The van der Waals surface area contributed by atoms with Crippen LogP contribution in [0.15, 0.2) is 0 Å². The summed E-state index contributed by atoms with van der Waals surface area (Å²) < 4.78 is 31.3. The van der Waals surface area contributed by atoms with Crippen LogP contribution in [-0.4, -0.2) is 91.2 Å². The predicted molar refractivity (Wildman–Crippen MR) is 230 cm³/mol. The fraction of sp³-hybridized carbons (Fsp3) is 0.957. The van der Waals surface area contributed by atoms with Crippen LogP contribution >= 0.6 is 11.8 Å². The standard InChI is InChI=1S/C47H78N2O6S2/c1-41(2)33(39(50)51)28-34(41)40(52)55-37-14-16-44(6)35(42(37,3)4)13-17-46(8)36(44)11-10-32-38-31(43(5)19-20-43)12-18-47(38,22-21-45(32,46)7)48-29-30(15-25-56-9)49-23-26-57(53,54)27-24-49/h30-38,48H,10-29H2,1-9H3,(H,50,51)/t30-,31+,32+,33-,34+,35-,36+,37-,38+,44-,45+,46+,47-/m0/s1. The van der Waals surface area contributed by atoms with Gasteiger partial charge in [0.1, 0.15) is 6.10 Å². The number of nitrogens with zero attached hydrogens (tertiary/aromatic N) is 1. The Kier molecular flexibility index (Phi) is 10.8. The van der Waals surface area contributed by atoms with Crippen molar-refractivity contribution in [3.8, 4) is 0 Å². The van der Waals surface area contributed by atoms with Crippen molar-refractivity contribution in [3.63, 3.8) is 0 Å². The molecule has 0 aromatic carbocycles. The Morgan fingerprint density at radius 2 is 1.49 bits per heavy atom. The van der Waals surface area contributed by atoms with Crippen LogP contribution in [0.1, 0.15) is 145 Å². The van der Waals surface area contributed by atoms with Gasteiger partial charge in [-0.05, 0) is 159 Å². The van der Waals surface area contributed by atoms with Crippen LogP contribution in [0.3, 0.4) is 0 Å². The molecule has 0 aromatic rings. The minimum atomic E-state index is -2.91. The highest BCUT2D eigenvalue weighted by Gasteiger charge is 2.72. The fourth-order valence-electron chi connectivity index (χ4n) is 16.5. The van der Waals surface area contributed by atoms with Crippen molar-refractivity contribution in [2.45, 2.75) is 163 Å². The van der Waals surface area contributed by atoms with Crippen molar-refractivity contribution in [2.75, 3.05) is 43.1 Å². The third-order valence-electron chi connectivity index (χ3n) is 20.7. The van der Waals surface area contributed by atoms with Crippen LogP contribution in [-0.2, 0) is 24.2 Å². The van der Waals surface area contributed by atoms with Gasteiger partial charge in [-0.1, -0.05) is 55.4 Å². The van der Waals surface area contributed by atoms with E-state index in [1.807, 2.05) is 25.6 Å². The number of thioether (sulfide) groups is 1. The van der Waals surface area contributed by atoms with Crippen molar-refractivity contribution in [3.05, 3.63) is 0 Å². The predicted octanol–water partition coefficient (Wildman–Crippen LogP) is 8.72. The molecule has 57 heavy (non-hydrogen) atoms. The van der Waals surface area contributed by atoms with E-state index in [1.54, 1.807) is 0 Å². The minimum Gasteiger partial charge on any atom is -0.481 e. The number of rotatable bonds is 11. The average Bonchev–Trinajstić information content (AvgIpc) is 3.75. The van der Waals surface area contributed by atoms with Gasteiger partial charge in [-0.25, -0.2) is 8.42 Å². The van der Waals surface area contributed by atoms with E-state index >= 15 is 0 Å². The third kappa shape index (κ3) is 6.65. The molecule has 8 rings (SSSR count). The van der Waals surface area contributed by atoms with E-state index in [4.69, 9.17) is 4.74 Å². The number of sulfone groups is 1. The maximum Gasteiger partial charge on any atom is 0.309 e. The Morgan fingerprint density at radius 3 is 2.12 bits per heavy atom. The van der Waals surface area contributed by atoms with Crippen molar-refractivity contribution in [1.29, 1.82) is 0 Å². The van der Waals surface area contributed by atoms with Gasteiger partial charge in [0, 0.05) is 36.6 Å². The number of carbonyl (C=O) groups excluding carboxylic acids is 1. The summed E-state index contributed by atoms with van der Waals surface area (Å²) in [6, 6.07) is 0.384. The highest BCUT2D eigenvalue weighted by Crippen LogP contribution is 2.78. The summed E-state index contributed by atoms with van der Waals surface area (Å²) in [5, 5.41) is 14.1. The molecule has 1 saturated heterocycles. The molecule has 8 nitrogen and oxygen atoms in total. The Labute approximate surface area is 350 Å². The number of ether oxygens (including phenoxy) is 1. The zero-order valence-corrected chi connectivity index (χ0v) is 38.7. The third-order valence-corrected chi connectivity index (χ3v) is 22.9. The quantitative estimate of drug-likeness (QED) is 0.198. The monoisotopic (exact) mass is 831 g/mol. The highest BCUT2D eigenvalue weighted by atomic mass is 32.2. The first-order chi connectivity index (χ1) is 26.6. The number of carbonyl (C=O) groups is 2. The van der Waals surface area contributed by atoms with Gasteiger partial charge in [0.25, 0.3) is 0 Å². The molecule has 10 heteroatoms.